The maximum absolute atomic E-state index is 12.6. The van der Waals surface area contributed by atoms with Crippen LogP contribution in [0.4, 0.5) is 10.6 Å². The highest BCUT2D eigenvalue weighted by molar-refractivity contribution is 5.88. The summed E-state index contributed by atoms with van der Waals surface area (Å²) >= 11 is 0. The summed E-state index contributed by atoms with van der Waals surface area (Å²) in [4.78, 5) is 20.8. The molecule has 0 radical (unpaired) electrons. The van der Waals surface area contributed by atoms with Gasteiger partial charge in [0.1, 0.15) is 5.82 Å². The van der Waals surface area contributed by atoms with Crippen molar-refractivity contribution in [1.29, 1.82) is 0 Å². The molecule has 1 saturated carbocycles. The molecule has 2 aromatic heterocycles. The number of anilines is 1. The van der Waals surface area contributed by atoms with Crippen molar-refractivity contribution in [2.24, 2.45) is 0 Å². The number of fused-ring (bicyclic) bond motifs is 1. The third kappa shape index (κ3) is 3.66. The number of urea groups is 1. The monoisotopic (exact) mass is 340 g/mol. The Morgan fingerprint density at radius 1 is 1.32 bits per heavy atom. The van der Waals surface area contributed by atoms with Gasteiger partial charge in [-0.3, -0.25) is 10.00 Å². The molecule has 0 saturated heterocycles. The molecule has 2 amide bonds. The molecule has 0 bridgehead atoms. The zero-order valence-corrected chi connectivity index (χ0v) is 14.8. The van der Waals surface area contributed by atoms with E-state index >= 15 is 0 Å². The number of pyridine rings is 1. The first-order chi connectivity index (χ1) is 12.1. The highest BCUT2D eigenvalue weighted by Crippen LogP contribution is 2.39. The molecule has 3 heterocycles. The Balaban J connectivity index is 1.41. The molecule has 7 nitrogen and oxygen atoms in total. The Labute approximate surface area is 147 Å². The number of hydrogen-bond donors (Lipinski definition) is 1. The Morgan fingerprint density at radius 3 is 2.92 bits per heavy atom. The number of carbonyl (C=O) groups is 1. The minimum atomic E-state index is -0.102. The van der Waals surface area contributed by atoms with E-state index in [4.69, 9.17) is 0 Å². The zero-order chi connectivity index (χ0) is 17.4. The largest absolute Gasteiger partial charge is 0.323 e. The van der Waals surface area contributed by atoms with Gasteiger partial charge in [0, 0.05) is 25.2 Å². The predicted octanol–water partition coefficient (Wildman–Crippen LogP) is 2.26. The standard InChI is InChI=1S/C18H24N6O/c1-22(2)11-13-5-6-19-17(9-13)20-18(25)23-7-8-24-15(12-23)10-16(21-24)14-3-4-14/h5-6,9-10,14H,3-4,7-8,11-12H2,1-2H3,(H,19,20,25). The summed E-state index contributed by atoms with van der Waals surface area (Å²) in [7, 11) is 4.04. The lowest BCUT2D eigenvalue weighted by molar-refractivity contribution is 0.194. The minimum absolute atomic E-state index is 0.102. The van der Waals surface area contributed by atoms with Crippen LogP contribution in [0.15, 0.2) is 24.4 Å². The number of aromatic nitrogens is 3. The van der Waals surface area contributed by atoms with E-state index in [-0.39, 0.29) is 6.03 Å². The van der Waals surface area contributed by atoms with Crippen molar-refractivity contribution < 1.29 is 4.79 Å². The maximum atomic E-state index is 12.6. The molecule has 2 aliphatic rings. The number of amides is 2. The molecule has 0 spiro atoms. The second kappa shape index (κ2) is 6.48. The van der Waals surface area contributed by atoms with Crippen LogP contribution in [-0.2, 0) is 19.6 Å². The average Bonchev–Trinajstić information content (AvgIpc) is 3.33. The number of rotatable bonds is 4. The van der Waals surface area contributed by atoms with Gasteiger partial charge in [-0.2, -0.15) is 5.10 Å². The molecule has 1 fully saturated rings. The molecule has 0 aromatic carbocycles. The number of carbonyl (C=O) groups excluding carboxylic acids is 1. The van der Waals surface area contributed by atoms with Gasteiger partial charge in [-0.05, 0) is 50.7 Å². The summed E-state index contributed by atoms with van der Waals surface area (Å²) in [5.74, 6) is 1.24. The maximum Gasteiger partial charge on any atom is 0.323 e. The molecule has 132 valence electrons. The Bertz CT molecular complexity index is 780. The second-order valence-corrected chi connectivity index (χ2v) is 7.20. The molecule has 1 aliphatic heterocycles. The molecular formula is C18H24N6O. The fourth-order valence-electron chi connectivity index (χ4n) is 3.24. The van der Waals surface area contributed by atoms with E-state index in [1.165, 1.54) is 18.5 Å². The number of hydrogen-bond acceptors (Lipinski definition) is 4. The number of nitrogens with one attached hydrogen (secondary N) is 1. The van der Waals surface area contributed by atoms with E-state index in [0.29, 0.717) is 24.8 Å². The molecule has 25 heavy (non-hydrogen) atoms. The molecule has 0 unspecified atom stereocenters. The normalized spacial score (nSPS) is 16.8. The summed E-state index contributed by atoms with van der Waals surface area (Å²) in [5, 5.41) is 7.60. The first kappa shape index (κ1) is 16.1. The quantitative estimate of drug-likeness (QED) is 0.927. The van der Waals surface area contributed by atoms with Gasteiger partial charge in [-0.15, -0.1) is 0 Å². The van der Waals surface area contributed by atoms with Crippen LogP contribution >= 0.6 is 0 Å². The third-order valence-electron chi connectivity index (χ3n) is 4.66. The fraction of sp³-hybridized carbons (Fsp3) is 0.500. The fourth-order valence-corrected chi connectivity index (χ4v) is 3.24. The van der Waals surface area contributed by atoms with E-state index < -0.39 is 0 Å². The van der Waals surface area contributed by atoms with Crippen molar-refractivity contribution in [2.75, 3.05) is 26.0 Å². The predicted molar refractivity (Wildman–Crippen MR) is 95.3 cm³/mol. The first-order valence-corrected chi connectivity index (χ1v) is 8.81. The van der Waals surface area contributed by atoms with E-state index in [9.17, 15) is 4.79 Å². The van der Waals surface area contributed by atoms with Gasteiger partial charge >= 0.3 is 6.03 Å². The molecule has 0 atom stereocenters. The van der Waals surface area contributed by atoms with Gasteiger partial charge in [-0.25, -0.2) is 9.78 Å². The van der Waals surface area contributed by atoms with Crippen LogP contribution in [0.5, 0.6) is 0 Å². The van der Waals surface area contributed by atoms with E-state index in [2.05, 4.69) is 26.4 Å². The zero-order valence-electron chi connectivity index (χ0n) is 14.8. The molecule has 4 rings (SSSR count). The van der Waals surface area contributed by atoms with Crippen LogP contribution in [-0.4, -0.2) is 51.2 Å². The molecule has 2 aromatic rings. The van der Waals surface area contributed by atoms with E-state index in [1.807, 2.05) is 35.8 Å². The Hall–Kier alpha value is -2.41. The van der Waals surface area contributed by atoms with Crippen LogP contribution < -0.4 is 5.32 Å². The van der Waals surface area contributed by atoms with Crippen LogP contribution in [0.25, 0.3) is 0 Å². The highest BCUT2D eigenvalue weighted by atomic mass is 16.2. The summed E-state index contributed by atoms with van der Waals surface area (Å²) in [5.41, 5.74) is 3.44. The van der Waals surface area contributed by atoms with Gasteiger partial charge in [0.25, 0.3) is 0 Å². The lowest BCUT2D eigenvalue weighted by Crippen LogP contribution is -2.41. The van der Waals surface area contributed by atoms with Gasteiger partial charge in [0.2, 0.25) is 0 Å². The molecule has 7 heteroatoms. The van der Waals surface area contributed by atoms with Crippen LogP contribution in [0.2, 0.25) is 0 Å². The van der Waals surface area contributed by atoms with Crippen molar-refractivity contribution >= 4 is 11.8 Å². The van der Waals surface area contributed by atoms with Crippen molar-refractivity contribution in [3.8, 4) is 0 Å². The Morgan fingerprint density at radius 2 is 2.16 bits per heavy atom. The molecular weight excluding hydrogens is 316 g/mol. The van der Waals surface area contributed by atoms with Gasteiger partial charge in [0.15, 0.2) is 0 Å². The average molecular weight is 340 g/mol. The van der Waals surface area contributed by atoms with Gasteiger partial charge < -0.3 is 9.80 Å². The van der Waals surface area contributed by atoms with Gasteiger partial charge in [0.05, 0.1) is 24.5 Å². The molecule has 1 aliphatic carbocycles. The van der Waals surface area contributed by atoms with Crippen molar-refractivity contribution in [3.63, 3.8) is 0 Å². The molecule has 1 N–H and O–H groups in total. The topological polar surface area (TPSA) is 66.3 Å². The summed E-state index contributed by atoms with van der Waals surface area (Å²) < 4.78 is 2.05. The van der Waals surface area contributed by atoms with Crippen molar-refractivity contribution in [2.45, 2.75) is 38.4 Å². The Kier molecular flexibility index (Phi) is 4.17. The van der Waals surface area contributed by atoms with Crippen molar-refractivity contribution in [3.05, 3.63) is 41.3 Å². The van der Waals surface area contributed by atoms with Crippen LogP contribution in [0.3, 0.4) is 0 Å². The summed E-state index contributed by atoms with van der Waals surface area (Å²) in [6, 6.07) is 5.95. The first-order valence-electron chi connectivity index (χ1n) is 8.81. The van der Waals surface area contributed by atoms with Crippen molar-refractivity contribution in [1.82, 2.24) is 24.6 Å². The van der Waals surface area contributed by atoms with Crippen LogP contribution in [0.1, 0.15) is 35.7 Å². The van der Waals surface area contributed by atoms with Crippen LogP contribution in [0, 0.1) is 0 Å². The SMILES string of the molecule is CN(C)Cc1ccnc(NC(=O)N2CCn3nc(C4CC4)cc3C2)c1. The van der Waals surface area contributed by atoms with E-state index in [0.717, 1.165) is 24.3 Å². The third-order valence-corrected chi connectivity index (χ3v) is 4.66. The highest BCUT2D eigenvalue weighted by Gasteiger charge is 2.29. The number of nitrogens with zero attached hydrogens (tertiary/aromatic N) is 5. The lowest BCUT2D eigenvalue weighted by atomic mass is 10.2. The summed E-state index contributed by atoms with van der Waals surface area (Å²) in [6.07, 6.45) is 4.23. The summed E-state index contributed by atoms with van der Waals surface area (Å²) in [6.45, 7) is 2.84. The second-order valence-electron chi connectivity index (χ2n) is 7.20. The van der Waals surface area contributed by atoms with Gasteiger partial charge in [-0.1, -0.05) is 0 Å². The smallest absolute Gasteiger partial charge is 0.317 e. The minimum Gasteiger partial charge on any atom is -0.317 e. The van der Waals surface area contributed by atoms with E-state index in [1.54, 1.807) is 6.20 Å². The lowest BCUT2D eigenvalue weighted by Gasteiger charge is -2.27.